The van der Waals surface area contributed by atoms with Crippen LogP contribution in [-0.2, 0) is 10.0 Å². The molecule has 0 aliphatic heterocycles. The summed E-state index contributed by atoms with van der Waals surface area (Å²) in [5, 5.41) is 3.15. The third-order valence-corrected chi connectivity index (χ3v) is 6.39. The number of guanidine groups is 1. The first-order chi connectivity index (χ1) is 9.97. The van der Waals surface area contributed by atoms with Gasteiger partial charge in [-0.15, -0.1) is 35.3 Å². The van der Waals surface area contributed by atoms with Crippen molar-refractivity contribution in [2.75, 3.05) is 13.1 Å². The maximum absolute atomic E-state index is 11.9. The third-order valence-electron chi connectivity index (χ3n) is 3.21. The van der Waals surface area contributed by atoms with Gasteiger partial charge >= 0.3 is 0 Å². The summed E-state index contributed by atoms with van der Waals surface area (Å²) in [5.41, 5.74) is 5.76. The largest absolute Gasteiger partial charge is 0.370 e. The summed E-state index contributed by atoms with van der Waals surface area (Å²) in [5.74, 6) is 0.375. The highest BCUT2D eigenvalue weighted by Crippen LogP contribution is 2.25. The van der Waals surface area contributed by atoms with E-state index in [0.29, 0.717) is 22.9 Å². The molecule has 1 aromatic rings. The highest BCUT2D eigenvalue weighted by atomic mass is 127. The Labute approximate surface area is 157 Å². The van der Waals surface area contributed by atoms with Crippen LogP contribution >= 0.6 is 46.9 Å². The van der Waals surface area contributed by atoms with Crippen molar-refractivity contribution in [3.05, 3.63) is 16.5 Å². The van der Waals surface area contributed by atoms with E-state index < -0.39 is 10.0 Å². The summed E-state index contributed by atoms with van der Waals surface area (Å²) in [6.45, 7) is 0.495. The Balaban J connectivity index is 0.00000242. The zero-order valence-electron chi connectivity index (χ0n) is 11.9. The molecule has 1 saturated carbocycles. The second-order valence-corrected chi connectivity index (χ2v) is 8.56. The van der Waals surface area contributed by atoms with Gasteiger partial charge in [0, 0.05) is 12.6 Å². The number of hydrogen-bond acceptors (Lipinski definition) is 4. The van der Waals surface area contributed by atoms with Gasteiger partial charge in [-0.25, -0.2) is 13.1 Å². The van der Waals surface area contributed by atoms with Crippen molar-refractivity contribution in [3.8, 4) is 0 Å². The van der Waals surface area contributed by atoms with E-state index in [1.54, 1.807) is 6.07 Å². The predicted octanol–water partition coefficient (Wildman–Crippen LogP) is 2.14. The number of aliphatic imine (C=N–C) groups is 1. The molecule has 0 radical (unpaired) electrons. The van der Waals surface area contributed by atoms with E-state index in [-0.39, 0.29) is 34.7 Å². The molecule has 0 atom stereocenters. The molecule has 1 aromatic heterocycles. The molecule has 1 aliphatic rings. The molecule has 22 heavy (non-hydrogen) atoms. The second kappa shape index (κ2) is 9.26. The monoisotopic (exact) mass is 478 g/mol. The zero-order valence-corrected chi connectivity index (χ0v) is 16.6. The lowest BCUT2D eigenvalue weighted by molar-refractivity contribution is 0.584. The van der Waals surface area contributed by atoms with E-state index in [2.05, 4.69) is 15.0 Å². The Bertz CT molecular complexity index is 600. The average Bonchev–Trinajstić information content (AvgIpc) is 3.06. The summed E-state index contributed by atoms with van der Waals surface area (Å²) in [4.78, 5) is 4.12. The Morgan fingerprint density at radius 1 is 1.41 bits per heavy atom. The Kier molecular flexibility index (Phi) is 8.39. The molecule has 0 spiro atoms. The van der Waals surface area contributed by atoms with Crippen molar-refractivity contribution < 1.29 is 8.42 Å². The molecule has 126 valence electrons. The van der Waals surface area contributed by atoms with E-state index in [4.69, 9.17) is 17.3 Å². The molecule has 1 aliphatic carbocycles. The lowest BCUT2D eigenvalue weighted by Crippen LogP contribution is -2.39. The van der Waals surface area contributed by atoms with Gasteiger partial charge < -0.3 is 11.1 Å². The van der Waals surface area contributed by atoms with Crippen LogP contribution in [0.15, 0.2) is 21.3 Å². The van der Waals surface area contributed by atoms with Gasteiger partial charge in [0.1, 0.15) is 4.21 Å². The van der Waals surface area contributed by atoms with Gasteiger partial charge in [0.25, 0.3) is 0 Å². The van der Waals surface area contributed by atoms with E-state index in [1.807, 2.05) is 0 Å². The van der Waals surface area contributed by atoms with Crippen LogP contribution in [0, 0.1) is 0 Å². The number of nitrogens with two attached hydrogens (primary N) is 1. The Morgan fingerprint density at radius 3 is 2.68 bits per heavy atom. The third kappa shape index (κ3) is 6.19. The number of thiophene rings is 1. The minimum Gasteiger partial charge on any atom is -0.370 e. The fourth-order valence-electron chi connectivity index (χ4n) is 2.19. The summed E-state index contributed by atoms with van der Waals surface area (Å²) in [6.07, 6.45) is 4.66. The van der Waals surface area contributed by atoms with E-state index >= 15 is 0 Å². The van der Waals surface area contributed by atoms with Crippen molar-refractivity contribution in [1.82, 2.24) is 10.0 Å². The van der Waals surface area contributed by atoms with Gasteiger partial charge in [-0.3, -0.25) is 4.99 Å². The number of halogens is 2. The van der Waals surface area contributed by atoms with Crippen LogP contribution in [0.5, 0.6) is 0 Å². The van der Waals surface area contributed by atoms with Crippen molar-refractivity contribution in [2.24, 2.45) is 10.7 Å². The van der Waals surface area contributed by atoms with Crippen LogP contribution in [-0.4, -0.2) is 33.5 Å². The molecule has 0 amide bonds. The minimum atomic E-state index is -3.51. The molecular formula is C12H20ClIN4O2S2. The molecule has 6 nitrogen and oxygen atoms in total. The number of sulfonamides is 1. The van der Waals surface area contributed by atoms with Crippen molar-refractivity contribution >= 4 is 62.9 Å². The van der Waals surface area contributed by atoms with Gasteiger partial charge in [0.05, 0.1) is 10.9 Å². The highest BCUT2D eigenvalue weighted by Gasteiger charge is 2.16. The van der Waals surface area contributed by atoms with E-state index in [1.165, 1.54) is 18.9 Å². The lowest BCUT2D eigenvalue weighted by atomic mass is 10.2. The predicted molar refractivity (Wildman–Crippen MR) is 102 cm³/mol. The summed E-state index contributed by atoms with van der Waals surface area (Å²) >= 11 is 6.75. The molecular weight excluding hydrogens is 459 g/mol. The van der Waals surface area contributed by atoms with Crippen LogP contribution in [0.1, 0.15) is 25.7 Å². The van der Waals surface area contributed by atoms with E-state index in [0.717, 1.165) is 24.2 Å². The fraction of sp³-hybridized carbons (Fsp3) is 0.583. The summed E-state index contributed by atoms with van der Waals surface area (Å²) in [7, 11) is -3.51. The zero-order chi connectivity index (χ0) is 15.3. The number of nitrogens with zero attached hydrogens (tertiary/aromatic N) is 1. The number of hydrogen-bond donors (Lipinski definition) is 3. The quantitative estimate of drug-likeness (QED) is 0.253. The topological polar surface area (TPSA) is 96.6 Å². The molecule has 1 heterocycles. The Morgan fingerprint density at radius 2 is 2.09 bits per heavy atom. The highest BCUT2D eigenvalue weighted by molar-refractivity contribution is 14.0. The normalized spacial score (nSPS) is 16.5. The first-order valence-electron chi connectivity index (χ1n) is 6.79. The molecule has 0 saturated heterocycles. The second-order valence-electron chi connectivity index (χ2n) is 4.85. The van der Waals surface area contributed by atoms with E-state index in [9.17, 15) is 8.42 Å². The molecule has 1 fully saturated rings. The first kappa shape index (κ1) is 19.9. The fourth-order valence-corrected chi connectivity index (χ4v) is 4.74. The minimum absolute atomic E-state index is 0. The van der Waals surface area contributed by atoms with Gasteiger partial charge in [0.15, 0.2) is 5.96 Å². The average molecular weight is 479 g/mol. The van der Waals surface area contributed by atoms with Crippen molar-refractivity contribution in [1.29, 1.82) is 0 Å². The van der Waals surface area contributed by atoms with Gasteiger partial charge in [-0.05, 0) is 25.0 Å². The molecule has 2 rings (SSSR count). The molecule has 0 bridgehead atoms. The van der Waals surface area contributed by atoms with Crippen LogP contribution < -0.4 is 15.8 Å². The maximum Gasteiger partial charge on any atom is 0.250 e. The first-order valence-corrected chi connectivity index (χ1v) is 9.46. The van der Waals surface area contributed by atoms with Gasteiger partial charge in [-0.1, -0.05) is 24.4 Å². The lowest BCUT2D eigenvalue weighted by Gasteiger charge is -2.12. The molecule has 4 N–H and O–H groups in total. The van der Waals surface area contributed by atoms with Gasteiger partial charge in [-0.2, -0.15) is 0 Å². The molecule has 0 aromatic carbocycles. The molecule has 0 unspecified atom stereocenters. The standard InChI is InChI=1S/C12H19ClN4O2S2.HI/c13-10-5-6-11(20-10)21(18,19)16-8-7-15-12(14)17-9-3-1-2-4-9;/h5-6,9,16H,1-4,7-8H2,(H3,14,15,17);1H. The van der Waals surface area contributed by atoms with Crippen molar-refractivity contribution in [3.63, 3.8) is 0 Å². The maximum atomic E-state index is 11.9. The SMILES string of the molecule is I.NC(=NCCNS(=O)(=O)c1ccc(Cl)s1)NC1CCCC1. The Hall–Kier alpha value is -0.100. The molecule has 10 heteroatoms. The number of nitrogens with one attached hydrogen (secondary N) is 2. The van der Waals surface area contributed by atoms with Crippen LogP contribution in [0.3, 0.4) is 0 Å². The summed E-state index contributed by atoms with van der Waals surface area (Å²) < 4.78 is 26.9. The number of rotatable bonds is 6. The van der Waals surface area contributed by atoms with Crippen LogP contribution in [0.2, 0.25) is 4.34 Å². The van der Waals surface area contributed by atoms with Crippen molar-refractivity contribution in [2.45, 2.75) is 35.9 Å². The van der Waals surface area contributed by atoms with Crippen LogP contribution in [0.25, 0.3) is 0 Å². The summed E-state index contributed by atoms with van der Waals surface area (Å²) in [6, 6.07) is 3.44. The van der Waals surface area contributed by atoms with Crippen LogP contribution in [0.4, 0.5) is 0 Å². The van der Waals surface area contributed by atoms with Gasteiger partial charge in [0.2, 0.25) is 10.0 Å². The smallest absolute Gasteiger partial charge is 0.250 e.